The van der Waals surface area contributed by atoms with E-state index in [0.29, 0.717) is 23.5 Å². The molecule has 53 heavy (non-hydrogen) atoms. The molecule has 0 amide bonds. The van der Waals surface area contributed by atoms with Crippen LogP contribution in [0.1, 0.15) is 66.6 Å². The Morgan fingerprint density at radius 1 is 0.623 bits per heavy atom. The molecule has 2 atom stereocenters. The van der Waals surface area contributed by atoms with Crippen LogP contribution in [0.15, 0.2) is 138 Å². The lowest BCUT2D eigenvalue weighted by Gasteiger charge is -2.25. The van der Waals surface area contributed by atoms with E-state index in [9.17, 15) is 0 Å². The van der Waals surface area contributed by atoms with Crippen molar-refractivity contribution in [3.05, 3.63) is 162 Å². The number of rotatable bonds is 4. The third-order valence-electron chi connectivity index (χ3n) is 11.4. The predicted octanol–water partition coefficient (Wildman–Crippen LogP) is 12.5. The first-order valence-corrected chi connectivity index (χ1v) is 18.6. The molecule has 9 aromatic rings. The summed E-state index contributed by atoms with van der Waals surface area (Å²) in [6, 6.07) is 44.9. The van der Waals surface area contributed by atoms with Crippen molar-refractivity contribution in [1.29, 1.82) is 0 Å². The number of aromatic nitrogens is 4. The molecule has 0 saturated carbocycles. The Kier molecular flexibility index (Phi) is 6.57. The highest BCUT2D eigenvalue weighted by atomic mass is 16.3. The maximum absolute atomic E-state index is 6.41. The lowest BCUT2D eigenvalue weighted by atomic mass is 9.83. The zero-order valence-corrected chi connectivity index (χ0v) is 29.6. The van der Waals surface area contributed by atoms with Gasteiger partial charge in [-0.1, -0.05) is 117 Å². The summed E-state index contributed by atoms with van der Waals surface area (Å²) in [5.41, 5.74) is 14.9. The number of hydrogen-bond donors (Lipinski definition) is 0. The van der Waals surface area contributed by atoms with E-state index in [1.807, 2.05) is 24.3 Å². The fraction of sp³-hybridized carbons (Fsp3) is 0.125. The van der Waals surface area contributed by atoms with Crippen LogP contribution >= 0.6 is 0 Å². The summed E-state index contributed by atoms with van der Waals surface area (Å²) in [7, 11) is 0. The Morgan fingerprint density at radius 2 is 1.34 bits per heavy atom. The van der Waals surface area contributed by atoms with E-state index in [2.05, 4.69) is 144 Å². The normalized spacial score (nSPS) is 16.8. The van der Waals surface area contributed by atoms with Gasteiger partial charge in [-0.3, -0.25) is 4.57 Å². The smallest absolute Gasteiger partial charge is 0.238 e. The van der Waals surface area contributed by atoms with Crippen molar-refractivity contribution < 1.29 is 4.42 Å². The highest BCUT2D eigenvalue weighted by molar-refractivity contribution is 6.12. The molecule has 2 unspecified atom stereocenters. The van der Waals surface area contributed by atoms with E-state index >= 15 is 0 Å². The topological polar surface area (TPSA) is 48.8 Å². The van der Waals surface area contributed by atoms with E-state index in [-0.39, 0.29) is 0 Å². The summed E-state index contributed by atoms with van der Waals surface area (Å²) in [4.78, 5) is 10.5. The van der Waals surface area contributed by atoms with Gasteiger partial charge in [-0.05, 0) is 66.5 Å². The van der Waals surface area contributed by atoms with Crippen LogP contribution in [0.3, 0.4) is 0 Å². The molecule has 11 rings (SSSR count). The Morgan fingerprint density at radius 3 is 2.19 bits per heavy atom. The molecule has 5 heteroatoms. The molecule has 4 heterocycles. The second kappa shape index (κ2) is 11.5. The summed E-state index contributed by atoms with van der Waals surface area (Å²) in [6.07, 6.45) is 9.22. The monoisotopic (exact) mass is 684 g/mol. The van der Waals surface area contributed by atoms with Crippen molar-refractivity contribution in [3.8, 4) is 22.9 Å². The van der Waals surface area contributed by atoms with Crippen molar-refractivity contribution in [2.45, 2.75) is 38.5 Å². The van der Waals surface area contributed by atoms with E-state index in [4.69, 9.17) is 14.4 Å². The molecule has 0 fully saturated rings. The van der Waals surface area contributed by atoms with Gasteiger partial charge in [0, 0.05) is 61.8 Å². The number of allylic oxidation sites excluding steroid dienone is 2. The van der Waals surface area contributed by atoms with Crippen LogP contribution in [0.25, 0.3) is 84.5 Å². The van der Waals surface area contributed by atoms with Gasteiger partial charge in [0.05, 0.1) is 22.1 Å². The number of fused-ring (bicyclic) bond motifs is 9. The third kappa shape index (κ3) is 4.50. The minimum absolute atomic E-state index is 0.355. The number of nitrogens with zero attached hydrogens (tertiary/aromatic N) is 4. The van der Waals surface area contributed by atoms with Gasteiger partial charge in [-0.15, -0.1) is 0 Å². The first kappa shape index (κ1) is 30.2. The number of benzene rings is 5. The van der Waals surface area contributed by atoms with Crippen LogP contribution in [0.4, 0.5) is 0 Å². The molecular weight excluding hydrogens is 649 g/mol. The minimum Gasteiger partial charge on any atom is -0.437 e. The average molecular weight is 685 g/mol. The van der Waals surface area contributed by atoms with Crippen molar-refractivity contribution in [2.75, 3.05) is 0 Å². The molecular formula is C48H36N4O. The number of hydrogen-bond acceptors (Lipinski definition) is 3. The molecule has 0 radical (unpaired) electrons. The van der Waals surface area contributed by atoms with Crippen molar-refractivity contribution in [3.63, 3.8) is 0 Å². The van der Waals surface area contributed by atoms with Gasteiger partial charge in [0.2, 0.25) is 11.7 Å². The van der Waals surface area contributed by atoms with Gasteiger partial charge in [0.25, 0.3) is 0 Å². The Hall–Kier alpha value is -6.46. The van der Waals surface area contributed by atoms with Crippen molar-refractivity contribution >= 4 is 61.6 Å². The first-order chi connectivity index (χ1) is 26.1. The summed E-state index contributed by atoms with van der Waals surface area (Å²) < 4.78 is 11.2. The molecule has 2 aliphatic carbocycles. The minimum atomic E-state index is 0.355. The second-order valence-corrected chi connectivity index (χ2v) is 14.7. The van der Waals surface area contributed by atoms with Crippen LogP contribution in [0.2, 0.25) is 0 Å². The summed E-state index contributed by atoms with van der Waals surface area (Å²) >= 11 is 0. The summed E-state index contributed by atoms with van der Waals surface area (Å²) in [6.45, 7) is 4.76. The fourth-order valence-electron chi connectivity index (χ4n) is 9.07. The van der Waals surface area contributed by atoms with Gasteiger partial charge in [0.1, 0.15) is 5.58 Å². The highest BCUT2D eigenvalue weighted by Crippen LogP contribution is 2.47. The van der Waals surface area contributed by atoms with Crippen molar-refractivity contribution in [2.24, 2.45) is 0 Å². The predicted molar refractivity (Wildman–Crippen MR) is 218 cm³/mol. The molecule has 4 aromatic heterocycles. The molecule has 0 spiro atoms. The zero-order chi connectivity index (χ0) is 35.2. The van der Waals surface area contributed by atoms with Crippen LogP contribution in [-0.4, -0.2) is 19.1 Å². The quantitative estimate of drug-likeness (QED) is 0.185. The first-order valence-electron chi connectivity index (χ1n) is 18.6. The fourth-order valence-corrected chi connectivity index (χ4v) is 9.07. The van der Waals surface area contributed by atoms with Crippen LogP contribution in [-0.2, 0) is 0 Å². The van der Waals surface area contributed by atoms with Gasteiger partial charge in [0.15, 0.2) is 0 Å². The summed E-state index contributed by atoms with van der Waals surface area (Å²) in [5.74, 6) is 1.41. The zero-order valence-electron chi connectivity index (χ0n) is 29.6. The van der Waals surface area contributed by atoms with Crippen molar-refractivity contribution in [1.82, 2.24) is 19.1 Å². The van der Waals surface area contributed by atoms with Gasteiger partial charge >= 0.3 is 0 Å². The Labute approximate surface area is 307 Å². The van der Waals surface area contributed by atoms with E-state index in [0.717, 1.165) is 51.5 Å². The maximum atomic E-state index is 6.41. The lowest BCUT2D eigenvalue weighted by Crippen LogP contribution is -2.12. The average Bonchev–Trinajstić information content (AvgIpc) is 3.86. The summed E-state index contributed by atoms with van der Waals surface area (Å²) in [5, 5.41) is 4.31. The number of para-hydroxylation sites is 3. The Bertz CT molecular complexity index is 2980. The molecule has 0 aliphatic heterocycles. The maximum Gasteiger partial charge on any atom is 0.238 e. The molecule has 0 bridgehead atoms. The van der Waals surface area contributed by atoms with E-state index < -0.39 is 0 Å². The van der Waals surface area contributed by atoms with Gasteiger partial charge < -0.3 is 8.98 Å². The molecule has 5 aromatic carbocycles. The third-order valence-corrected chi connectivity index (χ3v) is 11.4. The van der Waals surface area contributed by atoms with Crippen LogP contribution in [0.5, 0.6) is 0 Å². The van der Waals surface area contributed by atoms with Gasteiger partial charge in [-0.2, -0.15) is 4.98 Å². The Balaban J connectivity index is 1.11. The molecule has 254 valence electrons. The van der Waals surface area contributed by atoms with Crippen LogP contribution < -0.4 is 0 Å². The highest BCUT2D eigenvalue weighted by Gasteiger charge is 2.32. The molecule has 0 N–H and O–H groups in total. The second-order valence-electron chi connectivity index (χ2n) is 14.7. The largest absolute Gasteiger partial charge is 0.437 e. The molecule has 5 nitrogen and oxygen atoms in total. The standard InChI is InChI=1S/C48H36N4O/c1-29-14-13-21-36-39-28-33(26-30(2)46(39)51(45(29)36)34-17-7-4-8-18-34)32-24-25-41-38(27-32)35-19-9-11-22-40(35)52(41)48-49-44(31-15-5-3-6-16-31)43-37-20-10-12-23-42(37)53-47(43)50-48/h3-13,15-25,27-30H,14,26H2,1-2H3. The van der Waals surface area contributed by atoms with E-state index in [1.165, 1.54) is 50.1 Å². The SMILES string of the molecule is CC1CC=Cc2c3c(n(-c4ccccc4)c21)C(C)CC(c1ccc2c(c1)c1ccccc1n2-c1nc(-c2ccccc2)c2c(n1)oc1ccccc12)=C3. The number of furan rings is 1. The van der Waals surface area contributed by atoms with E-state index in [1.54, 1.807) is 0 Å². The molecule has 0 saturated heterocycles. The molecule has 2 aliphatic rings. The van der Waals surface area contributed by atoms with Crippen LogP contribution in [0, 0.1) is 0 Å². The van der Waals surface area contributed by atoms with Gasteiger partial charge in [-0.25, -0.2) is 4.98 Å². The lowest BCUT2D eigenvalue weighted by molar-refractivity contribution is 0.651.